The second kappa shape index (κ2) is 4.27. The topological polar surface area (TPSA) is 70.9 Å². The predicted molar refractivity (Wildman–Crippen MR) is 73.5 cm³/mol. The van der Waals surface area contributed by atoms with Crippen LogP contribution in [0, 0.1) is 18.3 Å². The van der Waals surface area contributed by atoms with Crippen LogP contribution in [0.5, 0.6) is 11.5 Å². The smallest absolute Gasteiger partial charge is 0.231 e. The van der Waals surface area contributed by atoms with Crippen molar-refractivity contribution in [3.63, 3.8) is 0 Å². The van der Waals surface area contributed by atoms with Crippen LogP contribution in [-0.4, -0.2) is 16.8 Å². The number of hydrogen-bond acceptors (Lipinski definition) is 4. The maximum atomic E-state index is 9.16. The molecular formula is C15H15N3O2. The van der Waals surface area contributed by atoms with Crippen molar-refractivity contribution in [3.05, 3.63) is 29.7 Å². The Hall–Kier alpha value is -2.48. The summed E-state index contributed by atoms with van der Waals surface area (Å²) >= 11 is 0. The predicted octanol–water partition coefficient (Wildman–Crippen LogP) is 2.92. The zero-order valence-electron chi connectivity index (χ0n) is 11.7. The van der Waals surface area contributed by atoms with Crippen molar-refractivity contribution < 1.29 is 9.47 Å². The van der Waals surface area contributed by atoms with Crippen molar-refractivity contribution >= 4 is 0 Å². The van der Waals surface area contributed by atoms with Gasteiger partial charge in [0.1, 0.15) is 11.2 Å². The number of imidazole rings is 1. The van der Waals surface area contributed by atoms with Crippen molar-refractivity contribution in [1.29, 1.82) is 5.26 Å². The van der Waals surface area contributed by atoms with Gasteiger partial charge in [0.05, 0.1) is 18.0 Å². The molecule has 1 aromatic heterocycles. The second-order valence-electron chi connectivity index (χ2n) is 5.40. The van der Waals surface area contributed by atoms with E-state index in [0.29, 0.717) is 5.82 Å². The lowest BCUT2D eigenvalue weighted by Crippen LogP contribution is -2.15. The molecule has 102 valence electrons. The molecule has 2 heterocycles. The molecule has 1 aliphatic heterocycles. The first-order chi connectivity index (χ1) is 9.51. The van der Waals surface area contributed by atoms with Gasteiger partial charge in [-0.3, -0.25) is 0 Å². The molecule has 0 bridgehead atoms. The number of nitrogens with zero attached hydrogens (tertiary/aromatic N) is 2. The average molecular weight is 269 g/mol. The number of nitriles is 1. The minimum absolute atomic E-state index is 0.258. The maximum absolute atomic E-state index is 9.16. The molecule has 0 aliphatic carbocycles. The van der Waals surface area contributed by atoms with E-state index < -0.39 is 5.41 Å². The second-order valence-corrected chi connectivity index (χ2v) is 5.40. The lowest BCUT2D eigenvalue weighted by molar-refractivity contribution is 0.174. The van der Waals surface area contributed by atoms with Gasteiger partial charge in [0.25, 0.3) is 0 Å². The monoisotopic (exact) mass is 269 g/mol. The Morgan fingerprint density at radius 1 is 1.30 bits per heavy atom. The summed E-state index contributed by atoms with van der Waals surface area (Å²) < 4.78 is 10.8. The quantitative estimate of drug-likeness (QED) is 0.910. The van der Waals surface area contributed by atoms with Crippen LogP contribution in [0.1, 0.15) is 25.2 Å². The van der Waals surface area contributed by atoms with E-state index in [4.69, 9.17) is 14.7 Å². The SMILES string of the molecule is Cc1cc2c(cc1-c1cnc(C(C)(C)C#N)[nH]1)OCO2. The Morgan fingerprint density at radius 3 is 2.70 bits per heavy atom. The van der Waals surface area contributed by atoms with E-state index in [-0.39, 0.29) is 6.79 Å². The third-order valence-corrected chi connectivity index (χ3v) is 3.46. The zero-order valence-corrected chi connectivity index (χ0v) is 11.7. The van der Waals surface area contributed by atoms with Crippen molar-refractivity contribution in [2.24, 2.45) is 0 Å². The summed E-state index contributed by atoms with van der Waals surface area (Å²) in [6.07, 6.45) is 1.75. The standard InChI is InChI=1S/C15H15N3O2/c1-9-4-12-13(20-8-19-12)5-10(9)11-6-17-14(18-11)15(2,3)7-16/h4-6H,8H2,1-3H3,(H,17,18). The fourth-order valence-electron chi connectivity index (χ4n) is 2.16. The third-order valence-electron chi connectivity index (χ3n) is 3.46. The molecule has 1 aromatic carbocycles. The lowest BCUT2D eigenvalue weighted by Gasteiger charge is -2.11. The number of aromatic nitrogens is 2. The molecule has 3 rings (SSSR count). The van der Waals surface area contributed by atoms with Gasteiger partial charge in [0, 0.05) is 5.56 Å². The number of rotatable bonds is 2. The fourth-order valence-corrected chi connectivity index (χ4v) is 2.16. The number of aromatic amines is 1. The van der Waals surface area contributed by atoms with Gasteiger partial charge in [-0.2, -0.15) is 5.26 Å². The Labute approximate surface area is 117 Å². The van der Waals surface area contributed by atoms with Gasteiger partial charge < -0.3 is 14.5 Å². The molecule has 1 aliphatic rings. The van der Waals surface area contributed by atoms with Crippen molar-refractivity contribution in [2.45, 2.75) is 26.2 Å². The molecule has 0 fully saturated rings. The van der Waals surface area contributed by atoms with E-state index in [0.717, 1.165) is 28.3 Å². The summed E-state index contributed by atoms with van der Waals surface area (Å²) in [6, 6.07) is 6.13. The highest BCUT2D eigenvalue weighted by molar-refractivity contribution is 5.68. The molecule has 0 atom stereocenters. The molecule has 0 saturated carbocycles. The summed E-state index contributed by atoms with van der Waals surface area (Å²) in [5, 5.41) is 9.16. The van der Waals surface area contributed by atoms with E-state index in [2.05, 4.69) is 16.0 Å². The van der Waals surface area contributed by atoms with E-state index >= 15 is 0 Å². The van der Waals surface area contributed by atoms with E-state index in [9.17, 15) is 0 Å². The van der Waals surface area contributed by atoms with Crippen LogP contribution in [-0.2, 0) is 5.41 Å². The molecule has 0 spiro atoms. The summed E-state index contributed by atoms with van der Waals surface area (Å²) in [4.78, 5) is 7.54. The van der Waals surface area contributed by atoms with Gasteiger partial charge in [-0.1, -0.05) is 0 Å². The molecule has 5 nitrogen and oxygen atoms in total. The van der Waals surface area contributed by atoms with Crippen molar-refractivity contribution in [3.8, 4) is 28.8 Å². The zero-order chi connectivity index (χ0) is 14.3. The number of fused-ring (bicyclic) bond motifs is 1. The number of H-pyrrole nitrogens is 1. The van der Waals surface area contributed by atoms with Crippen LogP contribution in [0.3, 0.4) is 0 Å². The third kappa shape index (κ3) is 1.90. The first kappa shape index (κ1) is 12.5. The molecule has 2 aromatic rings. The van der Waals surface area contributed by atoms with Crippen molar-refractivity contribution in [1.82, 2.24) is 9.97 Å². The number of hydrogen-bond donors (Lipinski definition) is 1. The molecule has 20 heavy (non-hydrogen) atoms. The minimum Gasteiger partial charge on any atom is -0.454 e. The van der Waals surface area contributed by atoms with Crippen molar-refractivity contribution in [2.75, 3.05) is 6.79 Å². The molecule has 0 radical (unpaired) electrons. The molecule has 0 unspecified atom stereocenters. The molecular weight excluding hydrogens is 254 g/mol. The van der Waals surface area contributed by atoms with Crippen LogP contribution in [0.2, 0.25) is 0 Å². The summed E-state index contributed by atoms with van der Waals surface area (Å²) in [6.45, 7) is 5.94. The van der Waals surface area contributed by atoms with E-state index in [1.54, 1.807) is 6.20 Å². The fraction of sp³-hybridized carbons (Fsp3) is 0.333. The van der Waals surface area contributed by atoms with Crippen LogP contribution >= 0.6 is 0 Å². The summed E-state index contributed by atoms with van der Waals surface area (Å²) in [5.41, 5.74) is 2.31. The van der Waals surface area contributed by atoms with E-state index in [1.165, 1.54) is 0 Å². The van der Waals surface area contributed by atoms with Gasteiger partial charge in [-0.25, -0.2) is 4.98 Å². The van der Waals surface area contributed by atoms with Gasteiger partial charge >= 0.3 is 0 Å². The minimum atomic E-state index is -0.636. The number of aryl methyl sites for hydroxylation is 1. The summed E-state index contributed by atoms with van der Waals surface area (Å²) in [5.74, 6) is 2.16. The normalized spacial score (nSPS) is 13.3. The van der Waals surface area contributed by atoms with Crippen LogP contribution in [0.4, 0.5) is 0 Å². The molecule has 5 heteroatoms. The molecule has 1 N–H and O–H groups in total. The number of nitrogens with one attached hydrogen (secondary N) is 1. The van der Waals surface area contributed by atoms with E-state index in [1.807, 2.05) is 32.9 Å². The van der Waals surface area contributed by atoms with Gasteiger partial charge in [0.2, 0.25) is 6.79 Å². The van der Waals surface area contributed by atoms with Gasteiger partial charge in [0.15, 0.2) is 11.5 Å². The highest BCUT2D eigenvalue weighted by atomic mass is 16.7. The van der Waals surface area contributed by atoms with Gasteiger partial charge in [-0.15, -0.1) is 0 Å². The highest BCUT2D eigenvalue weighted by Gasteiger charge is 2.24. The lowest BCUT2D eigenvalue weighted by atomic mass is 9.95. The Kier molecular flexibility index (Phi) is 2.68. The largest absolute Gasteiger partial charge is 0.454 e. The number of ether oxygens (including phenoxy) is 2. The van der Waals surface area contributed by atoms with Gasteiger partial charge in [-0.05, 0) is 38.5 Å². The highest BCUT2D eigenvalue weighted by Crippen LogP contribution is 2.38. The molecule has 0 saturated heterocycles. The first-order valence-electron chi connectivity index (χ1n) is 6.38. The van der Waals surface area contributed by atoms with Crippen LogP contribution in [0.15, 0.2) is 18.3 Å². The Balaban J connectivity index is 2.05. The first-order valence-corrected chi connectivity index (χ1v) is 6.38. The maximum Gasteiger partial charge on any atom is 0.231 e. The summed E-state index contributed by atoms with van der Waals surface area (Å²) in [7, 11) is 0. The number of benzene rings is 1. The Bertz CT molecular complexity index is 710. The van der Waals surface area contributed by atoms with Crippen LogP contribution < -0.4 is 9.47 Å². The Morgan fingerprint density at radius 2 is 2.00 bits per heavy atom. The molecule has 0 amide bonds. The van der Waals surface area contributed by atoms with Crippen LogP contribution in [0.25, 0.3) is 11.3 Å². The average Bonchev–Trinajstić information content (AvgIpc) is 3.05.